The quantitative estimate of drug-likeness (QED) is 0.515. The molecule has 4 rings (SSSR count). The lowest BCUT2D eigenvalue weighted by Crippen LogP contribution is -2.49. The first-order valence-corrected chi connectivity index (χ1v) is 10.3. The first-order chi connectivity index (χ1) is 14.2. The molecule has 0 radical (unpaired) electrons. The van der Waals surface area contributed by atoms with Crippen LogP contribution < -0.4 is 15.5 Å². The van der Waals surface area contributed by atoms with E-state index in [1.54, 1.807) is 0 Å². The number of furan rings is 1. The number of fused-ring (bicyclic) bond motifs is 1. The van der Waals surface area contributed by atoms with E-state index in [4.69, 9.17) is 4.42 Å². The van der Waals surface area contributed by atoms with Crippen LogP contribution in [-0.4, -0.2) is 43.7 Å². The highest BCUT2D eigenvalue weighted by Gasteiger charge is 2.20. The fraction of sp³-hybridized carbons (Fsp3) is 0.391. The number of hydrogen-bond donors (Lipinski definition) is 2. The van der Waals surface area contributed by atoms with E-state index in [9.17, 15) is 0 Å². The minimum atomic E-state index is 0.425. The lowest BCUT2D eigenvalue weighted by molar-refractivity contribution is 0.459. The van der Waals surface area contributed by atoms with Crippen LogP contribution in [-0.2, 0) is 6.42 Å². The lowest BCUT2D eigenvalue weighted by Gasteiger charge is -2.33. The summed E-state index contributed by atoms with van der Waals surface area (Å²) in [6, 6.07) is 14.9. The zero-order chi connectivity index (χ0) is 20.1. The molecule has 6 heteroatoms. The molecule has 0 atom stereocenters. The molecule has 0 amide bonds. The number of anilines is 1. The van der Waals surface area contributed by atoms with Crippen molar-refractivity contribution in [1.82, 2.24) is 15.6 Å². The number of hydrogen-bond acceptors (Lipinski definition) is 4. The SMILES string of the molecule is CN=C(NCCc1cc2ccccc2o1)NC1CCN(c2ccc(C)cn2)CC1. The van der Waals surface area contributed by atoms with Crippen LogP contribution in [0.25, 0.3) is 11.0 Å². The summed E-state index contributed by atoms with van der Waals surface area (Å²) < 4.78 is 5.88. The first-order valence-electron chi connectivity index (χ1n) is 10.3. The van der Waals surface area contributed by atoms with E-state index < -0.39 is 0 Å². The molecule has 2 N–H and O–H groups in total. The maximum atomic E-state index is 5.88. The highest BCUT2D eigenvalue weighted by Crippen LogP contribution is 2.19. The largest absolute Gasteiger partial charge is 0.461 e. The standard InChI is InChI=1S/C23H29N5O/c1-17-7-8-22(26-16-17)28-13-10-19(11-14-28)27-23(24-2)25-12-9-20-15-18-5-3-4-6-21(18)29-20/h3-8,15-16,19H,9-14H2,1-2H3,(H2,24,25,27). The van der Waals surface area contributed by atoms with Gasteiger partial charge in [0.25, 0.3) is 0 Å². The summed E-state index contributed by atoms with van der Waals surface area (Å²) in [5.41, 5.74) is 2.14. The first kappa shape index (κ1) is 19.3. The Morgan fingerprint density at radius 1 is 1.21 bits per heavy atom. The van der Waals surface area contributed by atoms with Crippen molar-refractivity contribution >= 4 is 22.7 Å². The predicted molar refractivity (Wildman–Crippen MR) is 119 cm³/mol. The Labute approximate surface area is 172 Å². The fourth-order valence-electron chi connectivity index (χ4n) is 3.75. The zero-order valence-electron chi connectivity index (χ0n) is 17.2. The average molecular weight is 392 g/mol. The molecule has 1 aliphatic rings. The number of piperidine rings is 1. The number of aromatic nitrogens is 1. The summed E-state index contributed by atoms with van der Waals surface area (Å²) in [4.78, 5) is 11.3. The van der Waals surface area contributed by atoms with Gasteiger partial charge in [0, 0.05) is 50.7 Å². The van der Waals surface area contributed by atoms with Crippen molar-refractivity contribution in [2.24, 2.45) is 4.99 Å². The van der Waals surface area contributed by atoms with Gasteiger partial charge in [-0.15, -0.1) is 0 Å². The molecule has 152 valence electrons. The van der Waals surface area contributed by atoms with Gasteiger partial charge in [-0.25, -0.2) is 4.98 Å². The van der Waals surface area contributed by atoms with Crippen molar-refractivity contribution in [3.05, 3.63) is 60.0 Å². The Hall–Kier alpha value is -3.02. The highest BCUT2D eigenvalue weighted by molar-refractivity contribution is 5.80. The van der Waals surface area contributed by atoms with Gasteiger partial charge in [0.1, 0.15) is 17.2 Å². The zero-order valence-corrected chi connectivity index (χ0v) is 17.2. The summed E-state index contributed by atoms with van der Waals surface area (Å²) in [7, 11) is 1.82. The third-order valence-electron chi connectivity index (χ3n) is 5.42. The molecule has 6 nitrogen and oxygen atoms in total. The Morgan fingerprint density at radius 2 is 2.03 bits per heavy atom. The van der Waals surface area contributed by atoms with E-state index in [0.717, 1.165) is 67.4 Å². The number of aliphatic imine (C=N–C) groups is 1. The van der Waals surface area contributed by atoms with Gasteiger partial charge in [0.15, 0.2) is 5.96 Å². The Balaban J connectivity index is 1.23. The van der Waals surface area contributed by atoms with Crippen molar-refractivity contribution in [3.63, 3.8) is 0 Å². The second-order valence-corrected chi connectivity index (χ2v) is 7.60. The number of aryl methyl sites for hydroxylation is 1. The molecule has 29 heavy (non-hydrogen) atoms. The molecule has 1 aromatic carbocycles. The van der Waals surface area contributed by atoms with Crippen molar-refractivity contribution in [2.75, 3.05) is 31.6 Å². The minimum absolute atomic E-state index is 0.425. The molecule has 0 saturated carbocycles. The van der Waals surface area contributed by atoms with Crippen molar-refractivity contribution in [2.45, 2.75) is 32.2 Å². The maximum absolute atomic E-state index is 5.88. The number of nitrogens with one attached hydrogen (secondary N) is 2. The molecule has 0 spiro atoms. The maximum Gasteiger partial charge on any atom is 0.191 e. The van der Waals surface area contributed by atoms with Gasteiger partial charge in [-0.05, 0) is 43.5 Å². The van der Waals surface area contributed by atoms with Crippen LogP contribution in [0, 0.1) is 6.92 Å². The van der Waals surface area contributed by atoms with Gasteiger partial charge in [0.2, 0.25) is 0 Å². The van der Waals surface area contributed by atoms with Gasteiger partial charge in [-0.1, -0.05) is 24.3 Å². The van der Waals surface area contributed by atoms with Crippen LogP contribution in [0.3, 0.4) is 0 Å². The van der Waals surface area contributed by atoms with E-state index in [0.29, 0.717) is 6.04 Å². The van der Waals surface area contributed by atoms with Crippen LogP contribution >= 0.6 is 0 Å². The normalized spacial score (nSPS) is 15.7. The number of guanidine groups is 1. The third-order valence-corrected chi connectivity index (χ3v) is 5.42. The van der Waals surface area contributed by atoms with Gasteiger partial charge in [-0.3, -0.25) is 4.99 Å². The van der Waals surface area contributed by atoms with Gasteiger partial charge in [0.05, 0.1) is 0 Å². The fourth-order valence-corrected chi connectivity index (χ4v) is 3.75. The van der Waals surface area contributed by atoms with E-state index in [2.05, 4.69) is 56.7 Å². The smallest absolute Gasteiger partial charge is 0.191 e. The molecular formula is C23H29N5O. The summed E-state index contributed by atoms with van der Waals surface area (Å²) in [6.45, 7) is 4.86. The predicted octanol–water partition coefficient (Wildman–Crippen LogP) is 3.51. The lowest BCUT2D eigenvalue weighted by atomic mass is 10.1. The Morgan fingerprint density at radius 3 is 2.76 bits per heavy atom. The summed E-state index contributed by atoms with van der Waals surface area (Å²) >= 11 is 0. The molecular weight excluding hydrogens is 362 g/mol. The topological polar surface area (TPSA) is 65.7 Å². The molecule has 3 aromatic rings. The van der Waals surface area contributed by atoms with Gasteiger partial charge in [-0.2, -0.15) is 0 Å². The molecule has 3 heterocycles. The molecule has 1 aliphatic heterocycles. The van der Waals surface area contributed by atoms with Crippen molar-refractivity contribution < 1.29 is 4.42 Å². The van der Waals surface area contributed by atoms with Crippen LogP contribution in [0.4, 0.5) is 5.82 Å². The number of rotatable bonds is 5. The minimum Gasteiger partial charge on any atom is -0.461 e. The van der Waals surface area contributed by atoms with Crippen LogP contribution in [0.5, 0.6) is 0 Å². The Bertz CT molecular complexity index is 922. The second kappa shape index (κ2) is 8.99. The summed E-state index contributed by atoms with van der Waals surface area (Å²) in [5, 5.41) is 8.13. The van der Waals surface area contributed by atoms with Crippen LogP contribution in [0.15, 0.2) is 58.1 Å². The number of benzene rings is 1. The van der Waals surface area contributed by atoms with Crippen LogP contribution in [0.1, 0.15) is 24.2 Å². The number of nitrogens with zero attached hydrogens (tertiary/aromatic N) is 3. The molecule has 0 bridgehead atoms. The van der Waals surface area contributed by atoms with E-state index >= 15 is 0 Å². The molecule has 2 aromatic heterocycles. The summed E-state index contributed by atoms with van der Waals surface area (Å²) in [5.74, 6) is 2.92. The van der Waals surface area contributed by atoms with E-state index in [1.807, 2.05) is 31.4 Å². The second-order valence-electron chi connectivity index (χ2n) is 7.60. The Kier molecular flexibility index (Phi) is 5.98. The third kappa shape index (κ3) is 4.88. The molecule has 0 aliphatic carbocycles. The number of para-hydroxylation sites is 1. The molecule has 0 unspecified atom stereocenters. The van der Waals surface area contributed by atoms with E-state index in [1.165, 1.54) is 5.56 Å². The number of pyridine rings is 1. The highest BCUT2D eigenvalue weighted by atomic mass is 16.3. The van der Waals surface area contributed by atoms with Crippen molar-refractivity contribution in [1.29, 1.82) is 0 Å². The molecule has 1 saturated heterocycles. The van der Waals surface area contributed by atoms with Crippen molar-refractivity contribution in [3.8, 4) is 0 Å². The summed E-state index contributed by atoms with van der Waals surface area (Å²) in [6.07, 6.45) is 4.90. The molecule has 1 fully saturated rings. The van der Waals surface area contributed by atoms with E-state index in [-0.39, 0.29) is 0 Å². The monoisotopic (exact) mass is 391 g/mol. The van der Waals surface area contributed by atoms with Gasteiger partial charge >= 0.3 is 0 Å². The van der Waals surface area contributed by atoms with Gasteiger partial charge < -0.3 is 20.0 Å². The average Bonchev–Trinajstić information content (AvgIpc) is 3.17. The van der Waals surface area contributed by atoms with Crippen LogP contribution in [0.2, 0.25) is 0 Å².